The van der Waals surface area contributed by atoms with E-state index in [1.54, 1.807) is 12.4 Å². The number of halogens is 2. The maximum Gasteiger partial charge on any atom is 0.255 e. The number of hydrogen-bond donors (Lipinski definition) is 0. The molecule has 1 atom stereocenters. The van der Waals surface area contributed by atoms with Gasteiger partial charge in [0.15, 0.2) is 5.78 Å². The van der Waals surface area contributed by atoms with E-state index in [9.17, 15) is 14.0 Å². The number of imidazole rings is 1. The molecule has 0 spiro atoms. The van der Waals surface area contributed by atoms with Gasteiger partial charge in [0, 0.05) is 34.3 Å². The first-order valence-electron chi connectivity index (χ1n) is 8.86. The lowest BCUT2D eigenvalue weighted by molar-refractivity contribution is -0.124. The number of benzene rings is 1. The van der Waals surface area contributed by atoms with Crippen LogP contribution in [0, 0.1) is 5.82 Å². The lowest BCUT2D eigenvalue weighted by Gasteiger charge is -2.26. The summed E-state index contributed by atoms with van der Waals surface area (Å²) in [5.41, 5.74) is 2.34. The minimum Gasteiger partial charge on any atom is -0.334 e. The van der Waals surface area contributed by atoms with Crippen molar-refractivity contribution in [3.8, 4) is 0 Å². The van der Waals surface area contributed by atoms with Crippen LogP contribution in [0.2, 0.25) is 0 Å². The first kappa shape index (κ1) is 17.4. The summed E-state index contributed by atoms with van der Waals surface area (Å²) in [6.07, 6.45) is 4.66. The van der Waals surface area contributed by atoms with Crippen molar-refractivity contribution in [2.45, 2.75) is 51.7 Å². The predicted molar refractivity (Wildman–Crippen MR) is 97.2 cm³/mol. The molecule has 5 nitrogen and oxygen atoms in total. The number of Topliss-reactive ketones (excluding diaryl/α,β-unsaturated/α-hetero) is 1. The van der Waals surface area contributed by atoms with Crippen molar-refractivity contribution in [2.24, 2.45) is 0 Å². The molecule has 26 heavy (non-hydrogen) atoms. The summed E-state index contributed by atoms with van der Waals surface area (Å²) in [7, 11) is 0. The third-order valence-electron chi connectivity index (χ3n) is 5.14. The molecule has 3 heterocycles. The van der Waals surface area contributed by atoms with Crippen molar-refractivity contribution in [1.29, 1.82) is 0 Å². The fourth-order valence-corrected chi connectivity index (χ4v) is 4.38. The highest BCUT2D eigenvalue weighted by Gasteiger charge is 2.41. The Kier molecular flexibility index (Phi) is 4.42. The number of aryl methyl sites for hydroxylation is 1. The Morgan fingerprint density at radius 2 is 2.23 bits per heavy atom. The molecule has 0 aliphatic carbocycles. The number of rotatable bonds is 5. The molecule has 0 saturated carbocycles. The molecule has 0 bridgehead atoms. The minimum atomic E-state index is -0.748. The number of ketones is 1. The molecule has 2 aliphatic rings. The molecule has 0 fully saturated rings. The zero-order valence-corrected chi connectivity index (χ0v) is 16.1. The monoisotopic (exact) mass is 419 g/mol. The summed E-state index contributed by atoms with van der Waals surface area (Å²) >= 11 is 3.24. The Hall–Kier alpha value is -2.02. The van der Waals surface area contributed by atoms with E-state index in [4.69, 9.17) is 0 Å². The largest absolute Gasteiger partial charge is 0.334 e. The molecule has 1 unspecified atom stereocenters. The molecular weight excluding hydrogens is 401 g/mol. The Balaban J connectivity index is 1.77. The van der Waals surface area contributed by atoms with Gasteiger partial charge in [0.2, 0.25) is 0 Å². The van der Waals surface area contributed by atoms with Gasteiger partial charge in [-0.1, -0.05) is 22.9 Å². The fourth-order valence-electron chi connectivity index (χ4n) is 3.95. The van der Waals surface area contributed by atoms with Crippen LogP contribution in [-0.4, -0.2) is 26.1 Å². The number of amides is 1. The first-order valence-corrected chi connectivity index (χ1v) is 9.66. The van der Waals surface area contributed by atoms with Crippen molar-refractivity contribution in [1.82, 2.24) is 14.5 Å². The van der Waals surface area contributed by atoms with E-state index in [1.165, 1.54) is 11.0 Å². The molecular formula is C19H19BrFN3O2. The van der Waals surface area contributed by atoms with Gasteiger partial charge in [-0.25, -0.2) is 9.37 Å². The number of nitrogens with zero attached hydrogens (tertiary/aromatic N) is 3. The zero-order valence-electron chi connectivity index (χ0n) is 14.5. The smallest absolute Gasteiger partial charge is 0.255 e. The molecule has 4 rings (SSSR count). The summed E-state index contributed by atoms with van der Waals surface area (Å²) < 4.78 is 16.9. The number of carbonyl (C=O) groups excluding carboxylic acids is 2. The molecule has 1 aromatic carbocycles. The average Bonchev–Trinajstić information content (AvgIpc) is 3.26. The molecule has 0 N–H and O–H groups in total. The van der Waals surface area contributed by atoms with Crippen molar-refractivity contribution in [2.75, 3.05) is 0 Å². The van der Waals surface area contributed by atoms with Crippen LogP contribution in [0.15, 0.2) is 22.9 Å². The van der Waals surface area contributed by atoms with Crippen LogP contribution in [-0.2, 0) is 24.3 Å². The van der Waals surface area contributed by atoms with Gasteiger partial charge in [-0.3, -0.25) is 9.59 Å². The Labute approximate surface area is 159 Å². The van der Waals surface area contributed by atoms with Gasteiger partial charge in [-0.05, 0) is 31.4 Å². The second-order valence-electron chi connectivity index (χ2n) is 6.84. The summed E-state index contributed by atoms with van der Waals surface area (Å²) in [6.45, 7) is 2.91. The third kappa shape index (κ3) is 2.69. The Morgan fingerprint density at radius 3 is 3.00 bits per heavy atom. The molecule has 1 aromatic heterocycles. The van der Waals surface area contributed by atoms with Crippen LogP contribution < -0.4 is 0 Å². The lowest BCUT2D eigenvalue weighted by atomic mass is 10.0. The Morgan fingerprint density at radius 1 is 1.42 bits per heavy atom. The topological polar surface area (TPSA) is 55.2 Å². The SMILES string of the molecule is CCCC(=O)C(c1ncn2c1CCC2)N1Cc2c(F)cc(Br)cc2C1=O. The first-order chi connectivity index (χ1) is 12.5. The number of hydrogen-bond acceptors (Lipinski definition) is 3. The Bertz CT molecular complexity index is 908. The normalized spacial score (nSPS) is 16.7. The number of aromatic nitrogens is 2. The van der Waals surface area contributed by atoms with Crippen LogP contribution in [0.3, 0.4) is 0 Å². The maximum atomic E-state index is 14.4. The van der Waals surface area contributed by atoms with Crippen LogP contribution in [0.5, 0.6) is 0 Å². The average molecular weight is 420 g/mol. The fraction of sp³-hybridized carbons (Fsp3) is 0.421. The van der Waals surface area contributed by atoms with Crippen molar-refractivity contribution in [3.05, 3.63) is 51.3 Å². The van der Waals surface area contributed by atoms with Crippen LogP contribution in [0.1, 0.15) is 59.5 Å². The van der Waals surface area contributed by atoms with E-state index >= 15 is 0 Å². The van der Waals surface area contributed by atoms with Gasteiger partial charge in [0.05, 0.1) is 18.6 Å². The molecule has 136 valence electrons. The maximum absolute atomic E-state index is 14.4. The summed E-state index contributed by atoms with van der Waals surface area (Å²) in [5, 5.41) is 0. The van der Waals surface area contributed by atoms with Gasteiger partial charge in [-0.15, -0.1) is 0 Å². The summed E-state index contributed by atoms with van der Waals surface area (Å²) in [4.78, 5) is 31.9. The van der Waals surface area contributed by atoms with Gasteiger partial charge in [0.25, 0.3) is 5.91 Å². The zero-order chi connectivity index (χ0) is 18.4. The summed E-state index contributed by atoms with van der Waals surface area (Å²) in [5.74, 6) is -0.780. The van der Waals surface area contributed by atoms with E-state index in [0.717, 1.165) is 25.1 Å². The van der Waals surface area contributed by atoms with E-state index in [0.29, 0.717) is 34.1 Å². The van der Waals surface area contributed by atoms with Gasteiger partial charge < -0.3 is 9.47 Å². The van der Waals surface area contributed by atoms with Crippen LogP contribution in [0.4, 0.5) is 4.39 Å². The second-order valence-corrected chi connectivity index (χ2v) is 7.75. The highest BCUT2D eigenvalue weighted by molar-refractivity contribution is 9.10. The highest BCUT2D eigenvalue weighted by atomic mass is 79.9. The highest BCUT2D eigenvalue weighted by Crippen LogP contribution is 2.37. The summed E-state index contributed by atoms with van der Waals surface area (Å²) in [6, 6.07) is 2.23. The quantitative estimate of drug-likeness (QED) is 0.740. The van der Waals surface area contributed by atoms with Crippen LogP contribution in [0.25, 0.3) is 0 Å². The molecule has 1 amide bonds. The minimum absolute atomic E-state index is 0.0403. The molecule has 2 aromatic rings. The molecule has 7 heteroatoms. The number of fused-ring (bicyclic) bond motifs is 2. The van der Waals surface area contributed by atoms with Crippen LogP contribution >= 0.6 is 15.9 Å². The predicted octanol–water partition coefficient (Wildman–Crippen LogP) is 3.80. The van der Waals surface area contributed by atoms with E-state index in [-0.39, 0.29) is 18.2 Å². The standard InChI is InChI=1S/C19H19BrFN3O2/c1-2-4-16(25)18(17-15-5-3-6-23(15)10-22-17)24-9-13-12(19(24)26)7-11(20)8-14(13)21/h7-8,10,18H,2-6,9H2,1H3. The second kappa shape index (κ2) is 6.61. The van der Waals surface area contributed by atoms with E-state index < -0.39 is 11.9 Å². The van der Waals surface area contributed by atoms with Crippen molar-refractivity contribution < 1.29 is 14.0 Å². The van der Waals surface area contributed by atoms with E-state index in [1.807, 2.05) is 11.5 Å². The van der Waals surface area contributed by atoms with Gasteiger partial charge in [0.1, 0.15) is 11.9 Å². The van der Waals surface area contributed by atoms with Gasteiger partial charge >= 0.3 is 0 Å². The van der Waals surface area contributed by atoms with E-state index in [2.05, 4.69) is 20.9 Å². The number of carbonyl (C=O) groups is 2. The van der Waals surface area contributed by atoms with Gasteiger partial charge in [-0.2, -0.15) is 0 Å². The molecule has 2 aliphatic heterocycles. The molecule has 0 radical (unpaired) electrons. The third-order valence-corrected chi connectivity index (χ3v) is 5.60. The lowest BCUT2D eigenvalue weighted by Crippen LogP contribution is -2.35. The van der Waals surface area contributed by atoms with Crippen molar-refractivity contribution in [3.63, 3.8) is 0 Å². The van der Waals surface area contributed by atoms with Crippen molar-refractivity contribution >= 4 is 27.6 Å². The molecule has 0 saturated heterocycles.